The van der Waals surface area contributed by atoms with Crippen molar-refractivity contribution in [3.05, 3.63) is 29.6 Å². The first-order valence-electron chi connectivity index (χ1n) is 5.15. The number of halogens is 1. The van der Waals surface area contributed by atoms with E-state index in [-0.39, 0.29) is 17.2 Å². The van der Waals surface area contributed by atoms with Crippen molar-refractivity contribution in [3.63, 3.8) is 0 Å². The number of aliphatic carboxylic acids is 1. The van der Waals surface area contributed by atoms with Crippen LogP contribution in [0.15, 0.2) is 18.2 Å². The van der Waals surface area contributed by atoms with E-state index in [9.17, 15) is 9.18 Å². The zero-order valence-corrected chi connectivity index (χ0v) is 9.57. The Balaban J connectivity index is 3.06. The van der Waals surface area contributed by atoms with Gasteiger partial charge >= 0.3 is 5.97 Å². The summed E-state index contributed by atoms with van der Waals surface area (Å²) < 4.78 is 13.3. The second kappa shape index (κ2) is 5.30. The molecular weight excluding hydrogens is 223 g/mol. The molecule has 0 saturated carbocycles. The molecule has 17 heavy (non-hydrogen) atoms. The molecule has 0 aromatic heterocycles. The van der Waals surface area contributed by atoms with Crippen LogP contribution in [0.3, 0.4) is 0 Å². The molecule has 1 aromatic rings. The highest BCUT2D eigenvalue weighted by molar-refractivity contribution is 5.78. The maximum Gasteiger partial charge on any atom is 0.326 e. The van der Waals surface area contributed by atoms with Gasteiger partial charge in [-0.1, -0.05) is 19.9 Å². The van der Waals surface area contributed by atoms with Gasteiger partial charge in [-0.2, -0.15) is 5.26 Å². The molecule has 0 fully saturated rings. The molecule has 0 unspecified atom stereocenters. The van der Waals surface area contributed by atoms with E-state index in [0.29, 0.717) is 0 Å². The van der Waals surface area contributed by atoms with E-state index in [1.807, 2.05) is 0 Å². The maximum absolute atomic E-state index is 13.3. The fourth-order valence-corrected chi connectivity index (χ4v) is 1.44. The molecule has 5 heteroatoms. The van der Waals surface area contributed by atoms with Gasteiger partial charge in [-0.05, 0) is 18.1 Å². The van der Waals surface area contributed by atoms with Crippen molar-refractivity contribution in [2.75, 3.05) is 5.32 Å². The van der Waals surface area contributed by atoms with Crippen LogP contribution >= 0.6 is 0 Å². The number of rotatable bonds is 4. The van der Waals surface area contributed by atoms with Crippen LogP contribution in [0, 0.1) is 23.1 Å². The van der Waals surface area contributed by atoms with Crippen molar-refractivity contribution >= 4 is 11.7 Å². The number of anilines is 1. The third-order valence-electron chi connectivity index (χ3n) is 2.37. The van der Waals surface area contributed by atoms with Gasteiger partial charge in [-0.3, -0.25) is 0 Å². The number of carboxylic acid groups (broad SMARTS) is 1. The van der Waals surface area contributed by atoms with Crippen LogP contribution in [-0.4, -0.2) is 17.1 Å². The highest BCUT2D eigenvalue weighted by Crippen LogP contribution is 2.20. The summed E-state index contributed by atoms with van der Waals surface area (Å²) in [5.41, 5.74) is 0.0352. The Morgan fingerprint density at radius 2 is 2.18 bits per heavy atom. The van der Waals surface area contributed by atoms with Gasteiger partial charge in [0.25, 0.3) is 0 Å². The van der Waals surface area contributed by atoms with Crippen LogP contribution in [0.1, 0.15) is 19.4 Å². The minimum atomic E-state index is -1.03. The highest BCUT2D eigenvalue weighted by Gasteiger charge is 2.22. The number of nitriles is 1. The lowest BCUT2D eigenvalue weighted by Gasteiger charge is -2.19. The van der Waals surface area contributed by atoms with Gasteiger partial charge in [-0.15, -0.1) is 0 Å². The SMILES string of the molecule is CC(C)[C@H](Nc1cccc(F)c1C#N)C(=O)O. The largest absolute Gasteiger partial charge is 0.480 e. The standard InChI is InChI=1S/C12H13FN2O2/c1-7(2)11(12(16)17)15-10-5-3-4-9(13)8(10)6-14/h3-5,7,11,15H,1-2H3,(H,16,17)/t11-/m0/s1. The first-order valence-corrected chi connectivity index (χ1v) is 5.15. The Kier molecular flexibility index (Phi) is 4.05. The fourth-order valence-electron chi connectivity index (χ4n) is 1.44. The summed E-state index contributed by atoms with van der Waals surface area (Å²) in [4.78, 5) is 11.0. The van der Waals surface area contributed by atoms with Crippen molar-refractivity contribution in [2.45, 2.75) is 19.9 Å². The normalized spacial score (nSPS) is 11.9. The lowest BCUT2D eigenvalue weighted by Crippen LogP contribution is -2.34. The van der Waals surface area contributed by atoms with Gasteiger partial charge in [0, 0.05) is 0 Å². The van der Waals surface area contributed by atoms with Gasteiger partial charge < -0.3 is 10.4 Å². The number of hydrogen-bond donors (Lipinski definition) is 2. The van der Waals surface area contributed by atoms with Crippen LogP contribution in [0.2, 0.25) is 0 Å². The lowest BCUT2D eigenvalue weighted by atomic mass is 10.0. The first-order chi connectivity index (χ1) is 7.97. The van der Waals surface area contributed by atoms with Crippen LogP contribution in [-0.2, 0) is 4.79 Å². The molecule has 0 spiro atoms. The maximum atomic E-state index is 13.3. The van der Waals surface area contributed by atoms with E-state index < -0.39 is 17.8 Å². The monoisotopic (exact) mass is 236 g/mol. The van der Waals surface area contributed by atoms with Crippen LogP contribution in [0.4, 0.5) is 10.1 Å². The Morgan fingerprint density at radius 1 is 1.53 bits per heavy atom. The third kappa shape index (κ3) is 2.94. The van der Waals surface area contributed by atoms with Crippen molar-refractivity contribution in [2.24, 2.45) is 5.92 Å². The van der Waals surface area contributed by atoms with Gasteiger partial charge in [0.05, 0.1) is 5.69 Å². The van der Waals surface area contributed by atoms with Crippen molar-refractivity contribution in [1.82, 2.24) is 0 Å². The molecule has 0 radical (unpaired) electrons. The second-order valence-electron chi connectivity index (χ2n) is 3.98. The molecule has 4 nitrogen and oxygen atoms in total. The molecule has 0 amide bonds. The average Bonchev–Trinajstić information content (AvgIpc) is 2.25. The zero-order valence-electron chi connectivity index (χ0n) is 9.57. The topological polar surface area (TPSA) is 73.1 Å². The number of nitrogens with zero attached hydrogens (tertiary/aromatic N) is 1. The quantitative estimate of drug-likeness (QED) is 0.840. The predicted molar refractivity (Wildman–Crippen MR) is 61.0 cm³/mol. The summed E-state index contributed by atoms with van der Waals surface area (Å²) in [5.74, 6) is -1.87. The summed E-state index contributed by atoms with van der Waals surface area (Å²) in [6.45, 7) is 3.47. The molecule has 1 aromatic carbocycles. The van der Waals surface area contributed by atoms with Gasteiger partial charge in [-0.25, -0.2) is 9.18 Å². The number of carboxylic acids is 1. The van der Waals surface area contributed by atoms with E-state index in [1.54, 1.807) is 19.9 Å². The third-order valence-corrected chi connectivity index (χ3v) is 2.37. The molecule has 0 aliphatic heterocycles. The molecule has 0 heterocycles. The number of carbonyl (C=O) groups is 1. The summed E-state index contributed by atoms with van der Waals surface area (Å²) in [7, 11) is 0. The zero-order chi connectivity index (χ0) is 13.0. The van der Waals surface area contributed by atoms with Crippen molar-refractivity contribution < 1.29 is 14.3 Å². The van der Waals surface area contributed by atoms with E-state index in [0.717, 1.165) is 6.07 Å². The molecule has 2 N–H and O–H groups in total. The van der Waals surface area contributed by atoms with E-state index in [4.69, 9.17) is 10.4 Å². The Hall–Kier alpha value is -2.09. The molecule has 1 rings (SSSR count). The summed E-state index contributed by atoms with van der Waals surface area (Å²) >= 11 is 0. The van der Waals surface area contributed by atoms with E-state index in [1.165, 1.54) is 12.1 Å². The number of benzene rings is 1. The molecule has 0 bridgehead atoms. The molecule has 0 saturated heterocycles. The summed E-state index contributed by atoms with van der Waals surface area (Å²) in [6.07, 6.45) is 0. The predicted octanol–water partition coefficient (Wildman–Crippen LogP) is 2.22. The fraction of sp³-hybridized carbons (Fsp3) is 0.333. The van der Waals surface area contributed by atoms with E-state index >= 15 is 0 Å². The van der Waals surface area contributed by atoms with E-state index in [2.05, 4.69) is 5.32 Å². The smallest absolute Gasteiger partial charge is 0.326 e. The first kappa shape index (κ1) is 13.0. The molecule has 0 aliphatic rings. The van der Waals surface area contributed by atoms with Crippen molar-refractivity contribution in [3.8, 4) is 6.07 Å². The average molecular weight is 236 g/mol. The van der Waals surface area contributed by atoms with Crippen LogP contribution in [0.5, 0.6) is 0 Å². The van der Waals surface area contributed by atoms with Gasteiger partial charge in [0.1, 0.15) is 23.5 Å². The van der Waals surface area contributed by atoms with Crippen LogP contribution in [0.25, 0.3) is 0 Å². The summed E-state index contributed by atoms with van der Waals surface area (Å²) in [6, 6.07) is 4.94. The second-order valence-corrected chi connectivity index (χ2v) is 3.98. The Morgan fingerprint density at radius 3 is 2.65 bits per heavy atom. The minimum Gasteiger partial charge on any atom is -0.480 e. The number of hydrogen-bond acceptors (Lipinski definition) is 3. The summed E-state index contributed by atoms with van der Waals surface area (Å²) in [5, 5.41) is 20.5. The Labute approximate surface area is 98.7 Å². The molecule has 1 atom stereocenters. The molecular formula is C12H13FN2O2. The molecule has 90 valence electrons. The Bertz CT molecular complexity index is 466. The lowest BCUT2D eigenvalue weighted by molar-refractivity contribution is -0.138. The van der Waals surface area contributed by atoms with Gasteiger partial charge in [0.15, 0.2) is 0 Å². The van der Waals surface area contributed by atoms with Crippen molar-refractivity contribution in [1.29, 1.82) is 5.26 Å². The van der Waals surface area contributed by atoms with Crippen LogP contribution < -0.4 is 5.32 Å². The van der Waals surface area contributed by atoms with Gasteiger partial charge in [0.2, 0.25) is 0 Å². The minimum absolute atomic E-state index is 0.167. The highest BCUT2D eigenvalue weighted by atomic mass is 19.1. The molecule has 0 aliphatic carbocycles. The number of nitrogens with one attached hydrogen (secondary N) is 1.